The third-order valence-corrected chi connectivity index (χ3v) is 5.04. The molecule has 12 heteroatoms. The number of carbonyl (C=O) groups excluding carboxylic acids is 2. The molecule has 0 radical (unpaired) electrons. The first kappa shape index (κ1) is 26.3. The minimum absolute atomic E-state index is 0.0152. The molecule has 0 aliphatic carbocycles. The van der Waals surface area contributed by atoms with E-state index in [0.717, 1.165) is 0 Å². The number of unbranched alkanes of at least 4 members (excludes halogenated alkanes) is 1. The maximum atomic E-state index is 12.7. The van der Waals surface area contributed by atoms with Crippen LogP contribution in [-0.2, 0) is 44.7 Å². The summed E-state index contributed by atoms with van der Waals surface area (Å²) in [5, 5.41) is 2.62. The van der Waals surface area contributed by atoms with Gasteiger partial charge in [0.15, 0.2) is 11.2 Å². The molecular formula is C21H33N5O7. The van der Waals surface area contributed by atoms with Gasteiger partial charge in [-0.05, 0) is 33.1 Å². The van der Waals surface area contributed by atoms with Crippen LogP contribution in [0.25, 0.3) is 11.2 Å². The van der Waals surface area contributed by atoms with Gasteiger partial charge in [0.2, 0.25) is 5.91 Å². The molecule has 0 fully saturated rings. The molecule has 1 N–H and O–H groups in total. The van der Waals surface area contributed by atoms with Gasteiger partial charge < -0.3 is 14.6 Å². The summed E-state index contributed by atoms with van der Waals surface area (Å²) in [6.07, 6.45) is 3.00. The first-order chi connectivity index (χ1) is 15.8. The smallest absolute Gasteiger partial charge is 0.332 e. The van der Waals surface area contributed by atoms with Gasteiger partial charge in [-0.1, -0.05) is 0 Å². The molecule has 0 spiro atoms. The summed E-state index contributed by atoms with van der Waals surface area (Å²) in [6, 6.07) is 0. The van der Waals surface area contributed by atoms with Gasteiger partial charge in [0.25, 0.3) is 5.56 Å². The maximum absolute atomic E-state index is 12.7. The van der Waals surface area contributed by atoms with Gasteiger partial charge in [-0.3, -0.25) is 23.5 Å². The molecule has 33 heavy (non-hydrogen) atoms. The number of imidazole rings is 1. The number of aryl methyl sites for hydroxylation is 2. The monoisotopic (exact) mass is 467 g/mol. The fourth-order valence-corrected chi connectivity index (χ4v) is 3.32. The molecule has 2 aromatic rings. The number of ether oxygens (including phenoxy) is 1. The molecule has 1 unspecified atom stereocenters. The first-order valence-corrected chi connectivity index (χ1v) is 11.1. The second-order valence-corrected chi connectivity index (χ2v) is 7.70. The lowest BCUT2D eigenvalue weighted by molar-refractivity contribution is -0.289. The second-order valence-electron chi connectivity index (χ2n) is 7.70. The average Bonchev–Trinajstić information content (AvgIpc) is 3.17. The zero-order valence-electron chi connectivity index (χ0n) is 19.7. The minimum Gasteiger partial charge on any atom is -0.463 e. The number of nitrogens with zero attached hydrogens (tertiary/aromatic N) is 4. The number of fused-ring (bicyclic) bond motifs is 1. The average molecular weight is 468 g/mol. The summed E-state index contributed by atoms with van der Waals surface area (Å²) in [4.78, 5) is 62.4. The molecule has 12 nitrogen and oxygen atoms in total. The van der Waals surface area contributed by atoms with Crippen molar-refractivity contribution >= 4 is 23.0 Å². The van der Waals surface area contributed by atoms with Crippen LogP contribution >= 0.6 is 0 Å². The molecule has 0 aliphatic rings. The molecule has 2 rings (SSSR count). The van der Waals surface area contributed by atoms with E-state index in [-0.39, 0.29) is 43.6 Å². The van der Waals surface area contributed by atoms with E-state index in [1.165, 1.54) is 15.5 Å². The SMILES string of the molecule is CCOOCCNC(=O)CCC(=O)OC(C)CCCCn1c(=O)c2c(ncn2C)n(C)c1=O. The normalized spacial score (nSPS) is 12.1. The Morgan fingerprint density at radius 2 is 1.91 bits per heavy atom. The van der Waals surface area contributed by atoms with E-state index < -0.39 is 11.7 Å². The first-order valence-electron chi connectivity index (χ1n) is 11.1. The highest BCUT2D eigenvalue weighted by atomic mass is 17.2. The van der Waals surface area contributed by atoms with Crippen molar-refractivity contribution in [2.75, 3.05) is 19.8 Å². The molecule has 1 amide bonds. The van der Waals surface area contributed by atoms with Gasteiger partial charge in [-0.25, -0.2) is 19.6 Å². The van der Waals surface area contributed by atoms with Crippen LogP contribution in [0.1, 0.15) is 46.0 Å². The Kier molecular flexibility index (Phi) is 10.3. The predicted molar refractivity (Wildman–Crippen MR) is 119 cm³/mol. The molecule has 1 atom stereocenters. The lowest BCUT2D eigenvalue weighted by atomic mass is 10.1. The number of aromatic nitrogens is 4. The van der Waals surface area contributed by atoms with Crippen LogP contribution in [0.4, 0.5) is 0 Å². The molecule has 0 aromatic carbocycles. The number of esters is 1. The van der Waals surface area contributed by atoms with Crippen LogP contribution in [0.15, 0.2) is 15.9 Å². The van der Waals surface area contributed by atoms with Crippen LogP contribution in [0.2, 0.25) is 0 Å². The summed E-state index contributed by atoms with van der Waals surface area (Å²) in [5.41, 5.74) is -0.0363. The number of rotatable bonds is 14. The third-order valence-electron chi connectivity index (χ3n) is 5.04. The lowest BCUT2D eigenvalue weighted by Gasteiger charge is -2.13. The molecule has 0 aliphatic heterocycles. The molecule has 2 aromatic heterocycles. The number of amides is 1. The Morgan fingerprint density at radius 3 is 2.64 bits per heavy atom. The van der Waals surface area contributed by atoms with E-state index in [1.807, 2.05) is 0 Å². The van der Waals surface area contributed by atoms with Gasteiger partial charge in [-0.2, -0.15) is 0 Å². The molecular weight excluding hydrogens is 434 g/mol. The summed E-state index contributed by atoms with van der Waals surface area (Å²) in [5.74, 6) is -0.716. The molecule has 0 saturated heterocycles. The number of carbonyl (C=O) groups is 2. The Morgan fingerprint density at radius 1 is 1.15 bits per heavy atom. The highest BCUT2D eigenvalue weighted by molar-refractivity contribution is 5.81. The maximum Gasteiger partial charge on any atom is 0.332 e. The van der Waals surface area contributed by atoms with Gasteiger partial charge >= 0.3 is 11.7 Å². The molecule has 2 heterocycles. The van der Waals surface area contributed by atoms with E-state index in [1.54, 1.807) is 32.5 Å². The Bertz CT molecular complexity index is 1060. The van der Waals surface area contributed by atoms with Crippen LogP contribution in [-0.4, -0.2) is 56.4 Å². The van der Waals surface area contributed by atoms with Gasteiger partial charge in [-0.15, -0.1) is 0 Å². The van der Waals surface area contributed by atoms with Crippen molar-refractivity contribution in [3.05, 3.63) is 27.2 Å². The van der Waals surface area contributed by atoms with E-state index >= 15 is 0 Å². The standard InChI is InChI=1S/C21H33N5O7/c1-5-31-32-13-11-22-16(27)9-10-17(28)33-15(2)8-6-7-12-26-20(29)18-19(23-14-24(18)3)25(4)21(26)30/h14-15H,5-13H2,1-4H3,(H,22,27). The van der Waals surface area contributed by atoms with Crippen molar-refractivity contribution < 1.29 is 24.1 Å². The predicted octanol–water partition coefficient (Wildman–Crippen LogP) is 0.400. The fraction of sp³-hybridized carbons (Fsp3) is 0.667. The Labute approximate surface area is 191 Å². The summed E-state index contributed by atoms with van der Waals surface area (Å²) >= 11 is 0. The quantitative estimate of drug-likeness (QED) is 0.183. The summed E-state index contributed by atoms with van der Waals surface area (Å²) in [6.45, 7) is 4.78. The number of nitrogens with one attached hydrogen (secondary N) is 1. The van der Waals surface area contributed by atoms with E-state index in [2.05, 4.69) is 10.3 Å². The largest absolute Gasteiger partial charge is 0.463 e. The topological polar surface area (TPSA) is 136 Å². The summed E-state index contributed by atoms with van der Waals surface area (Å²) in [7, 11) is 3.30. The zero-order chi connectivity index (χ0) is 24.4. The van der Waals surface area contributed by atoms with Crippen molar-refractivity contribution in [1.82, 2.24) is 24.0 Å². The van der Waals surface area contributed by atoms with E-state index in [4.69, 9.17) is 14.5 Å². The van der Waals surface area contributed by atoms with Gasteiger partial charge in [0, 0.05) is 33.6 Å². The zero-order valence-corrected chi connectivity index (χ0v) is 19.7. The highest BCUT2D eigenvalue weighted by Gasteiger charge is 2.15. The molecule has 0 saturated carbocycles. The Balaban J connectivity index is 1.70. The fourth-order valence-electron chi connectivity index (χ4n) is 3.32. The number of hydrogen-bond donors (Lipinski definition) is 1. The van der Waals surface area contributed by atoms with Crippen molar-refractivity contribution in [2.24, 2.45) is 14.1 Å². The van der Waals surface area contributed by atoms with Crippen LogP contribution in [0.5, 0.6) is 0 Å². The third kappa shape index (κ3) is 7.53. The minimum atomic E-state index is -0.449. The number of hydrogen-bond acceptors (Lipinski definition) is 8. The highest BCUT2D eigenvalue weighted by Crippen LogP contribution is 2.08. The van der Waals surface area contributed by atoms with Gasteiger partial charge in [0.05, 0.1) is 32.1 Å². The van der Waals surface area contributed by atoms with Crippen LogP contribution < -0.4 is 16.6 Å². The van der Waals surface area contributed by atoms with Crippen molar-refractivity contribution in [3.8, 4) is 0 Å². The van der Waals surface area contributed by atoms with Crippen molar-refractivity contribution in [3.63, 3.8) is 0 Å². The summed E-state index contributed by atoms with van der Waals surface area (Å²) < 4.78 is 9.50. The van der Waals surface area contributed by atoms with Crippen molar-refractivity contribution in [1.29, 1.82) is 0 Å². The lowest BCUT2D eigenvalue weighted by Crippen LogP contribution is -2.39. The molecule has 184 valence electrons. The van der Waals surface area contributed by atoms with E-state index in [9.17, 15) is 19.2 Å². The van der Waals surface area contributed by atoms with Crippen molar-refractivity contribution in [2.45, 2.75) is 58.6 Å². The van der Waals surface area contributed by atoms with E-state index in [0.29, 0.717) is 43.6 Å². The Hall–Kier alpha value is -2.99. The molecule has 0 bridgehead atoms. The second kappa shape index (κ2) is 12.9. The van der Waals surface area contributed by atoms with Crippen LogP contribution in [0, 0.1) is 0 Å². The van der Waals surface area contributed by atoms with Gasteiger partial charge in [0.1, 0.15) is 0 Å². The van der Waals surface area contributed by atoms with Crippen LogP contribution in [0.3, 0.4) is 0 Å².